The van der Waals surface area contributed by atoms with Crippen molar-refractivity contribution in [3.05, 3.63) is 58.5 Å². The first-order chi connectivity index (χ1) is 10.6. The zero-order valence-electron chi connectivity index (χ0n) is 12.2. The van der Waals surface area contributed by atoms with E-state index in [-0.39, 0.29) is 5.82 Å². The molecular formula is C16H16ClFN4. The smallest absolute Gasteiger partial charge is 0.144 e. The highest BCUT2D eigenvalue weighted by Crippen LogP contribution is 2.19. The third kappa shape index (κ3) is 4.69. The Morgan fingerprint density at radius 1 is 1.36 bits per heavy atom. The second kappa shape index (κ2) is 7.74. The molecule has 0 aliphatic heterocycles. The van der Waals surface area contributed by atoms with Crippen molar-refractivity contribution in [2.24, 2.45) is 0 Å². The third-order valence-electron chi connectivity index (χ3n) is 3.12. The molecule has 0 saturated carbocycles. The van der Waals surface area contributed by atoms with Crippen LogP contribution in [0.3, 0.4) is 0 Å². The average molecular weight is 319 g/mol. The molecule has 1 aromatic heterocycles. The molecule has 6 heteroatoms. The SMILES string of the molecule is CN(CCNc1ncc(C#N)cc1Cl)Cc1ccc(F)cc1. The lowest BCUT2D eigenvalue weighted by Crippen LogP contribution is -2.25. The predicted octanol–water partition coefficient (Wildman–Crippen LogP) is 3.29. The quantitative estimate of drug-likeness (QED) is 0.888. The van der Waals surface area contributed by atoms with E-state index in [4.69, 9.17) is 16.9 Å². The van der Waals surface area contributed by atoms with Crippen LogP contribution in [0.2, 0.25) is 5.02 Å². The fourth-order valence-corrected chi connectivity index (χ4v) is 2.21. The Morgan fingerprint density at radius 3 is 2.73 bits per heavy atom. The molecule has 2 rings (SSSR count). The third-order valence-corrected chi connectivity index (χ3v) is 3.41. The molecule has 22 heavy (non-hydrogen) atoms. The topological polar surface area (TPSA) is 52.0 Å². The minimum absolute atomic E-state index is 0.227. The van der Waals surface area contributed by atoms with Gasteiger partial charge in [0.25, 0.3) is 0 Å². The van der Waals surface area contributed by atoms with E-state index in [0.717, 1.165) is 18.7 Å². The monoisotopic (exact) mass is 318 g/mol. The van der Waals surface area contributed by atoms with Crippen molar-refractivity contribution < 1.29 is 4.39 Å². The van der Waals surface area contributed by atoms with E-state index in [0.29, 0.717) is 22.9 Å². The number of halogens is 2. The molecule has 2 aromatic rings. The Morgan fingerprint density at radius 2 is 2.09 bits per heavy atom. The molecule has 0 atom stereocenters. The van der Waals surface area contributed by atoms with E-state index in [1.807, 2.05) is 13.1 Å². The van der Waals surface area contributed by atoms with Gasteiger partial charge in [-0.05, 0) is 30.8 Å². The molecule has 114 valence electrons. The second-order valence-electron chi connectivity index (χ2n) is 4.96. The maximum absolute atomic E-state index is 12.8. The van der Waals surface area contributed by atoms with Gasteiger partial charge in [-0.2, -0.15) is 5.26 Å². The lowest BCUT2D eigenvalue weighted by atomic mass is 10.2. The molecule has 0 bridgehead atoms. The van der Waals surface area contributed by atoms with E-state index in [1.165, 1.54) is 18.3 Å². The number of rotatable bonds is 6. The van der Waals surface area contributed by atoms with Crippen LogP contribution < -0.4 is 5.32 Å². The summed E-state index contributed by atoms with van der Waals surface area (Å²) in [5, 5.41) is 12.3. The van der Waals surface area contributed by atoms with E-state index in [2.05, 4.69) is 15.2 Å². The van der Waals surface area contributed by atoms with Crippen LogP contribution in [0.1, 0.15) is 11.1 Å². The first-order valence-electron chi connectivity index (χ1n) is 6.81. The van der Waals surface area contributed by atoms with E-state index >= 15 is 0 Å². The van der Waals surface area contributed by atoms with Gasteiger partial charge in [-0.25, -0.2) is 9.37 Å². The molecular weight excluding hydrogens is 303 g/mol. The van der Waals surface area contributed by atoms with Crippen LogP contribution in [-0.4, -0.2) is 30.0 Å². The fraction of sp³-hybridized carbons (Fsp3) is 0.250. The molecule has 0 aliphatic carbocycles. The van der Waals surface area contributed by atoms with Gasteiger partial charge in [-0.15, -0.1) is 0 Å². The highest BCUT2D eigenvalue weighted by atomic mass is 35.5. The zero-order chi connectivity index (χ0) is 15.9. The number of nitrogens with one attached hydrogen (secondary N) is 1. The highest BCUT2D eigenvalue weighted by molar-refractivity contribution is 6.33. The van der Waals surface area contributed by atoms with Crippen LogP contribution in [0, 0.1) is 17.1 Å². The van der Waals surface area contributed by atoms with Crippen LogP contribution in [-0.2, 0) is 6.54 Å². The normalized spacial score (nSPS) is 10.5. The predicted molar refractivity (Wildman–Crippen MR) is 85.2 cm³/mol. The van der Waals surface area contributed by atoms with Crippen molar-refractivity contribution >= 4 is 17.4 Å². The van der Waals surface area contributed by atoms with Gasteiger partial charge in [-0.1, -0.05) is 23.7 Å². The van der Waals surface area contributed by atoms with Crippen LogP contribution in [0.15, 0.2) is 36.5 Å². The molecule has 4 nitrogen and oxygen atoms in total. The van der Waals surface area contributed by atoms with Crippen molar-refractivity contribution in [3.8, 4) is 6.07 Å². The Hall–Kier alpha value is -2.16. The zero-order valence-corrected chi connectivity index (χ0v) is 12.9. The molecule has 0 spiro atoms. The Labute approximate surface area is 134 Å². The molecule has 0 aliphatic rings. The fourth-order valence-electron chi connectivity index (χ4n) is 1.97. The number of aromatic nitrogens is 1. The summed E-state index contributed by atoms with van der Waals surface area (Å²) in [7, 11) is 1.98. The molecule has 0 fully saturated rings. The minimum Gasteiger partial charge on any atom is -0.368 e. The van der Waals surface area contributed by atoms with Gasteiger partial charge in [0.15, 0.2) is 0 Å². The number of hydrogen-bond donors (Lipinski definition) is 1. The minimum atomic E-state index is -0.227. The number of hydrogen-bond acceptors (Lipinski definition) is 4. The maximum Gasteiger partial charge on any atom is 0.144 e. The molecule has 1 N–H and O–H groups in total. The molecule has 0 saturated heterocycles. The van der Waals surface area contributed by atoms with Crippen LogP contribution in [0.5, 0.6) is 0 Å². The standard InChI is InChI=1S/C16H16ClFN4/c1-22(11-12-2-4-14(18)5-3-12)7-6-20-16-15(17)8-13(9-19)10-21-16/h2-5,8,10H,6-7,11H2,1H3,(H,20,21). The Balaban J connectivity index is 1.80. The summed E-state index contributed by atoms with van der Waals surface area (Å²) in [6.45, 7) is 2.17. The van der Waals surface area contributed by atoms with Gasteiger partial charge in [0.1, 0.15) is 17.7 Å². The van der Waals surface area contributed by atoms with Gasteiger partial charge in [0.05, 0.1) is 10.6 Å². The summed E-state index contributed by atoms with van der Waals surface area (Å²) in [6.07, 6.45) is 1.48. The number of nitriles is 1. The molecule has 0 amide bonds. The van der Waals surface area contributed by atoms with Gasteiger partial charge in [0, 0.05) is 25.8 Å². The lowest BCUT2D eigenvalue weighted by molar-refractivity contribution is 0.339. The molecule has 1 aromatic carbocycles. The summed E-state index contributed by atoms with van der Waals surface area (Å²) in [5.41, 5.74) is 1.49. The van der Waals surface area contributed by atoms with E-state index in [9.17, 15) is 4.39 Å². The number of anilines is 1. The second-order valence-corrected chi connectivity index (χ2v) is 5.36. The average Bonchev–Trinajstić information content (AvgIpc) is 2.51. The Bertz CT molecular complexity index is 667. The summed E-state index contributed by atoms with van der Waals surface area (Å²) in [5.74, 6) is 0.338. The first-order valence-corrected chi connectivity index (χ1v) is 7.19. The summed E-state index contributed by atoms with van der Waals surface area (Å²) in [6, 6.07) is 10.0. The van der Waals surface area contributed by atoms with Crippen LogP contribution >= 0.6 is 11.6 Å². The largest absolute Gasteiger partial charge is 0.368 e. The Kier molecular flexibility index (Phi) is 5.70. The van der Waals surface area contributed by atoms with Crippen LogP contribution in [0.4, 0.5) is 10.2 Å². The number of benzene rings is 1. The molecule has 0 radical (unpaired) electrons. The number of likely N-dealkylation sites (N-methyl/N-ethyl adjacent to an activating group) is 1. The van der Waals surface area contributed by atoms with Gasteiger partial charge >= 0.3 is 0 Å². The summed E-state index contributed by atoms with van der Waals surface area (Å²) in [4.78, 5) is 6.22. The van der Waals surface area contributed by atoms with E-state index < -0.39 is 0 Å². The molecule has 0 unspecified atom stereocenters. The van der Waals surface area contributed by atoms with Crippen molar-refractivity contribution in [1.29, 1.82) is 5.26 Å². The lowest BCUT2D eigenvalue weighted by Gasteiger charge is -2.17. The maximum atomic E-state index is 12.8. The number of nitrogens with zero attached hydrogens (tertiary/aromatic N) is 3. The van der Waals surface area contributed by atoms with Gasteiger partial charge in [-0.3, -0.25) is 0 Å². The molecule has 1 heterocycles. The van der Waals surface area contributed by atoms with E-state index in [1.54, 1.807) is 18.2 Å². The van der Waals surface area contributed by atoms with Crippen LogP contribution in [0.25, 0.3) is 0 Å². The van der Waals surface area contributed by atoms with Crippen molar-refractivity contribution in [2.45, 2.75) is 6.54 Å². The first kappa shape index (κ1) is 16.2. The number of pyridine rings is 1. The van der Waals surface area contributed by atoms with Crippen molar-refractivity contribution in [2.75, 3.05) is 25.5 Å². The van der Waals surface area contributed by atoms with Crippen molar-refractivity contribution in [3.63, 3.8) is 0 Å². The van der Waals surface area contributed by atoms with Gasteiger partial charge < -0.3 is 10.2 Å². The summed E-state index contributed by atoms with van der Waals surface area (Å²) >= 11 is 6.04. The highest BCUT2D eigenvalue weighted by Gasteiger charge is 2.04. The van der Waals surface area contributed by atoms with Gasteiger partial charge in [0.2, 0.25) is 0 Å². The van der Waals surface area contributed by atoms with Crippen molar-refractivity contribution in [1.82, 2.24) is 9.88 Å². The summed E-state index contributed by atoms with van der Waals surface area (Å²) < 4.78 is 12.8.